The summed E-state index contributed by atoms with van der Waals surface area (Å²) in [5, 5.41) is 1.12. The highest BCUT2D eigenvalue weighted by Gasteiger charge is 2.07. The van der Waals surface area contributed by atoms with Crippen molar-refractivity contribution >= 4 is 10.9 Å². The van der Waals surface area contributed by atoms with E-state index < -0.39 is 0 Å². The molecule has 3 heteroatoms. The van der Waals surface area contributed by atoms with Crippen molar-refractivity contribution in [1.29, 1.82) is 0 Å². The standard InChI is InChI=1S/C11H13N3/c1-7(2)11-9-4-8(3)12-5-10(9)13-6-14-11/h4-7H,1-3H3. The minimum Gasteiger partial charge on any atom is -0.259 e. The predicted molar refractivity (Wildman–Crippen MR) is 56.2 cm³/mol. The first-order chi connectivity index (χ1) is 6.68. The lowest BCUT2D eigenvalue weighted by Gasteiger charge is -2.07. The molecule has 0 unspecified atom stereocenters. The Kier molecular flexibility index (Phi) is 2.15. The Morgan fingerprint density at radius 1 is 1.14 bits per heavy atom. The van der Waals surface area contributed by atoms with E-state index in [0.29, 0.717) is 5.92 Å². The van der Waals surface area contributed by atoms with Crippen molar-refractivity contribution in [2.75, 3.05) is 0 Å². The van der Waals surface area contributed by atoms with E-state index in [1.54, 1.807) is 12.5 Å². The normalized spacial score (nSPS) is 11.1. The van der Waals surface area contributed by atoms with Gasteiger partial charge in [0.1, 0.15) is 6.33 Å². The second-order valence-electron chi connectivity index (χ2n) is 3.76. The minimum atomic E-state index is 0.419. The third-order valence-corrected chi connectivity index (χ3v) is 2.24. The van der Waals surface area contributed by atoms with Crippen LogP contribution in [0.15, 0.2) is 18.6 Å². The molecule has 0 bridgehead atoms. The van der Waals surface area contributed by atoms with Crippen LogP contribution in [0, 0.1) is 6.92 Å². The number of hydrogen-bond donors (Lipinski definition) is 0. The van der Waals surface area contributed by atoms with Gasteiger partial charge in [-0.3, -0.25) is 4.98 Å². The zero-order chi connectivity index (χ0) is 10.1. The Bertz CT molecular complexity index is 463. The molecule has 0 aliphatic carbocycles. The van der Waals surface area contributed by atoms with Gasteiger partial charge in [-0.1, -0.05) is 13.8 Å². The molecule has 2 heterocycles. The molecular formula is C11H13N3. The highest BCUT2D eigenvalue weighted by atomic mass is 14.8. The Morgan fingerprint density at radius 3 is 2.64 bits per heavy atom. The van der Waals surface area contributed by atoms with Crippen LogP contribution in [-0.2, 0) is 0 Å². The third kappa shape index (κ3) is 1.45. The zero-order valence-electron chi connectivity index (χ0n) is 8.65. The quantitative estimate of drug-likeness (QED) is 0.688. The van der Waals surface area contributed by atoms with Crippen LogP contribution in [0.1, 0.15) is 31.2 Å². The van der Waals surface area contributed by atoms with Crippen molar-refractivity contribution in [1.82, 2.24) is 15.0 Å². The number of hydrogen-bond acceptors (Lipinski definition) is 3. The van der Waals surface area contributed by atoms with Gasteiger partial charge in [-0.25, -0.2) is 9.97 Å². The summed E-state index contributed by atoms with van der Waals surface area (Å²) in [6.07, 6.45) is 3.41. The first-order valence-corrected chi connectivity index (χ1v) is 4.75. The lowest BCUT2D eigenvalue weighted by atomic mass is 10.1. The van der Waals surface area contributed by atoms with E-state index in [4.69, 9.17) is 0 Å². The molecule has 0 saturated heterocycles. The SMILES string of the molecule is Cc1cc2c(C(C)C)ncnc2cn1. The number of aryl methyl sites for hydroxylation is 1. The number of pyridine rings is 1. The Labute approximate surface area is 83.2 Å². The fraction of sp³-hybridized carbons (Fsp3) is 0.364. The third-order valence-electron chi connectivity index (χ3n) is 2.24. The molecule has 0 N–H and O–H groups in total. The molecule has 0 aromatic carbocycles. The summed E-state index contributed by atoms with van der Waals surface area (Å²) in [6.45, 7) is 6.26. The van der Waals surface area contributed by atoms with E-state index in [2.05, 4.69) is 28.8 Å². The van der Waals surface area contributed by atoms with Crippen molar-refractivity contribution in [3.05, 3.63) is 30.0 Å². The monoisotopic (exact) mass is 187 g/mol. The van der Waals surface area contributed by atoms with Crippen LogP contribution in [0.4, 0.5) is 0 Å². The molecular weight excluding hydrogens is 174 g/mol. The molecule has 0 fully saturated rings. The average Bonchev–Trinajstić information content (AvgIpc) is 2.16. The smallest absolute Gasteiger partial charge is 0.116 e. The molecule has 2 rings (SSSR count). The molecule has 0 saturated carbocycles. The maximum absolute atomic E-state index is 4.31. The fourth-order valence-corrected chi connectivity index (χ4v) is 1.54. The van der Waals surface area contributed by atoms with Gasteiger partial charge in [0.25, 0.3) is 0 Å². The lowest BCUT2D eigenvalue weighted by molar-refractivity contribution is 0.828. The highest BCUT2D eigenvalue weighted by Crippen LogP contribution is 2.21. The molecule has 0 aliphatic heterocycles. The van der Waals surface area contributed by atoms with E-state index >= 15 is 0 Å². The molecule has 0 radical (unpaired) electrons. The van der Waals surface area contributed by atoms with Crippen molar-refractivity contribution in [3.63, 3.8) is 0 Å². The molecule has 2 aromatic heterocycles. The number of fused-ring (bicyclic) bond motifs is 1. The summed E-state index contributed by atoms with van der Waals surface area (Å²) < 4.78 is 0. The van der Waals surface area contributed by atoms with Crippen LogP contribution >= 0.6 is 0 Å². The second kappa shape index (κ2) is 3.33. The van der Waals surface area contributed by atoms with E-state index in [0.717, 1.165) is 22.3 Å². The van der Waals surface area contributed by atoms with Crippen molar-refractivity contribution in [2.45, 2.75) is 26.7 Å². The maximum atomic E-state index is 4.31. The maximum Gasteiger partial charge on any atom is 0.116 e. The van der Waals surface area contributed by atoms with Gasteiger partial charge in [-0.15, -0.1) is 0 Å². The number of aromatic nitrogens is 3. The molecule has 3 nitrogen and oxygen atoms in total. The van der Waals surface area contributed by atoms with Gasteiger partial charge in [0, 0.05) is 11.1 Å². The van der Waals surface area contributed by atoms with E-state index in [1.807, 2.05) is 13.0 Å². The summed E-state index contributed by atoms with van der Waals surface area (Å²) in [4.78, 5) is 12.7. The van der Waals surface area contributed by atoms with Crippen LogP contribution < -0.4 is 0 Å². The summed E-state index contributed by atoms with van der Waals surface area (Å²) in [5.74, 6) is 0.419. The Morgan fingerprint density at radius 2 is 1.93 bits per heavy atom. The van der Waals surface area contributed by atoms with Crippen LogP contribution in [0.3, 0.4) is 0 Å². The van der Waals surface area contributed by atoms with Crippen molar-refractivity contribution < 1.29 is 0 Å². The molecule has 0 amide bonds. The molecule has 0 spiro atoms. The summed E-state index contributed by atoms with van der Waals surface area (Å²) in [5.41, 5.74) is 3.03. The highest BCUT2D eigenvalue weighted by molar-refractivity contribution is 5.80. The largest absolute Gasteiger partial charge is 0.259 e. The van der Waals surface area contributed by atoms with Gasteiger partial charge in [0.15, 0.2) is 0 Å². The first kappa shape index (κ1) is 9.06. The molecule has 0 aliphatic rings. The van der Waals surface area contributed by atoms with Crippen LogP contribution in [0.25, 0.3) is 10.9 Å². The fourth-order valence-electron chi connectivity index (χ4n) is 1.54. The van der Waals surface area contributed by atoms with Gasteiger partial charge in [-0.05, 0) is 18.9 Å². The summed E-state index contributed by atoms with van der Waals surface area (Å²) >= 11 is 0. The predicted octanol–water partition coefficient (Wildman–Crippen LogP) is 2.46. The molecule has 72 valence electrons. The lowest BCUT2D eigenvalue weighted by Crippen LogP contribution is -1.96. The van der Waals surface area contributed by atoms with E-state index in [-0.39, 0.29) is 0 Å². The van der Waals surface area contributed by atoms with Crippen LogP contribution in [0.2, 0.25) is 0 Å². The summed E-state index contributed by atoms with van der Waals surface area (Å²) in [7, 11) is 0. The van der Waals surface area contributed by atoms with Gasteiger partial charge >= 0.3 is 0 Å². The molecule has 0 atom stereocenters. The second-order valence-corrected chi connectivity index (χ2v) is 3.76. The van der Waals surface area contributed by atoms with Crippen molar-refractivity contribution in [3.8, 4) is 0 Å². The zero-order valence-corrected chi connectivity index (χ0v) is 8.65. The molecule has 14 heavy (non-hydrogen) atoms. The minimum absolute atomic E-state index is 0.419. The topological polar surface area (TPSA) is 38.7 Å². The Balaban J connectivity index is 2.77. The van der Waals surface area contributed by atoms with Gasteiger partial charge < -0.3 is 0 Å². The van der Waals surface area contributed by atoms with E-state index in [9.17, 15) is 0 Å². The Hall–Kier alpha value is -1.51. The summed E-state index contributed by atoms with van der Waals surface area (Å²) in [6, 6.07) is 2.05. The van der Waals surface area contributed by atoms with Gasteiger partial charge in [0.2, 0.25) is 0 Å². The molecule has 2 aromatic rings. The number of nitrogens with zero attached hydrogens (tertiary/aromatic N) is 3. The van der Waals surface area contributed by atoms with E-state index in [1.165, 1.54) is 0 Å². The van der Waals surface area contributed by atoms with Crippen molar-refractivity contribution in [2.24, 2.45) is 0 Å². The average molecular weight is 187 g/mol. The van der Waals surface area contributed by atoms with Gasteiger partial charge in [-0.2, -0.15) is 0 Å². The van der Waals surface area contributed by atoms with Crippen LogP contribution in [0.5, 0.6) is 0 Å². The number of rotatable bonds is 1. The van der Waals surface area contributed by atoms with Gasteiger partial charge in [0.05, 0.1) is 17.4 Å². The first-order valence-electron chi connectivity index (χ1n) is 4.75. The van der Waals surface area contributed by atoms with Crippen LogP contribution in [-0.4, -0.2) is 15.0 Å².